The lowest BCUT2D eigenvalue weighted by atomic mass is 9.91. The summed E-state index contributed by atoms with van der Waals surface area (Å²) in [7, 11) is 0. The quantitative estimate of drug-likeness (QED) is 0.520. The SMILES string of the molecule is CC(C)c1cc(NC2CCC(n3nc(-n4cncn4)ccc3=O)CC2)n2ncnc2n1. The molecule has 1 aliphatic carbocycles. The largest absolute Gasteiger partial charge is 0.367 e. The Balaban J connectivity index is 1.32. The van der Waals surface area contributed by atoms with E-state index < -0.39 is 0 Å². The summed E-state index contributed by atoms with van der Waals surface area (Å²) in [4.78, 5) is 25.2. The minimum Gasteiger partial charge on any atom is -0.367 e. The van der Waals surface area contributed by atoms with Gasteiger partial charge >= 0.3 is 0 Å². The van der Waals surface area contributed by atoms with E-state index in [0.29, 0.717) is 17.5 Å². The summed E-state index contributed by atoms with van der Waals surface area (Å²) >= 11 is 0. The molecule has 1 fully saturated rings. The van der Waals surface area contributed by atoms with Gasteiger partial charge in [-0.2, -0.15) is 19.7 Å². The summed E-state index contributed by atoms with van der Waals surface area (Å²) in [6, 6.07) is 5.59. The minimum atomic E-state index is -0.0969. The molecule has 11 nitrogen and oxygen atoms in total. The predicted octanol–water partition coefficient (Wildman–Crippen LogP) is 1.98. The molecule has 0 spiro atoms. The molecule has 31 heavy (non-hydrogen) atoms. The molecule has 0 radical (unpaired) electrons. The summed E-state index contributed by atoms with van der Waals surface area (Å²) in [5, 5.41) is 16.5. The number of fused-ring (bicyclic) bond motifs is 1. The monoisotopic (exact) mass is 420 g/mol. The molecule has 5 rings (SSSR count). The van der Waals surface area contributed by atoms with E-state index in [1.54, 1.807) is 32.3 Å². The van der Waals surface area contributed by atoms with E-state index in [1.165, 1.54) is 12.7 Å². The van der Waals surface area contributed by atoms with Crippen LogP contribution < -0.4 is 10.9 Å². The van der Waals surface area contributed by atoms with Crippen molar-refractivity contribution in [3.63, 3.8) is 0 Å². The Hall–Kier alpha value is -3.63. The molecule has 0 aliphatic heterocycles. The van der Waals surface area contributed by atoms with Gasteiger partial charge < -0.3 is 5.32 Å². The average molecular weight is 420 g/mol. The second kappa shape index (κ2) is 7.89. The number of nitrogens with zero attached hydrogens (tertiary/aromatic N) is 9. The maximum absolute atomic E-state index is 12.4. The van der Waals surface area contributed by atoms with Crippen LogP contribution in [0.1, 0.15) is 57.2 Å². The van der Waals surface area contributed by atoms with Crippen molar-refractivity contribution in [1.29, 1.82) is 0 Å². The number of nitrogens with one attached hydrogen (secondary N) is 1. The molecule has 0 saturated heterocycles. The van der Waals surface area contributed by atoms with Crippen LogP contribution >= 0.6 is 0 Å². The van der Waals surface area contributed by atoms with Gasteiger partial charge in [-0.3, -0.25) is 4.79 Å². The molecule has 4 heterocycles. The molecule has 1 N–H and O–H groups in total. The van der Waals surface area contributed by atoms with E-state index in [2.05, 4.69) is 49.4 Å². The highest BCUT2D eigenvalue weighted by atomic mass is 16.1. The zero-order valence-electron chi connectivity index (χ0n) is 17.5. The van der Waals surface area contributed by atoms with Gasteiger partial charge in [-0.05, 0) is 37.7 Å². The Morgan fingerprint density at radius 1 is 1.10 bits per heavy atom. The van der Waals surface area contributed by atoms with E-state index in [0.717, 1.165) is 37.2 Å². The first-order valence-electron chi connectivity index (χ1n) is 10.5. The van der Waals surface area contributed by atoms with Gasteiger partial charge in [0, 0.05) is 18.2 Å². The summed E-state index contributed by atoms with van der Waals surface area (Å²) < 4.78 is 4.89. The fourth-order valence-corrected chi connectivity index (χ4v) is 4.03. The fraction of sp³-hybridized carbons (Fsp3) is 0.450. The van der Waals surface area contributed by atoms with Crippen molar-refractivity contribution in [3.05, 3.63) is 53.2 Å². The lowest BCUT2D eigenvalue weighted by molar-refractivity contribution is 0.302. The predicted molar refractivity (Wildman–Crippen MR) is 113 cm³/mol. The highest BCUT2D eigenvalue weighted by molar-refractivity contribution is 5.46. The highest BCUT2D eigenvalue weighted by Crippen LogP contribution is 2.29. The third-order valence-corrected chi connectivity index (χ3v) is 5.72. The van der Waals surface area contributed by atoms with Gasteiger partial charge in [0.05, 0.1) is 11.7 Å². The standard InChI is InChI=1S/C20H24N10O/c1-13(2)16-9-18(30-20(26-16)22-11-24-30)25-14-3-5-15(6-4-14)29-19(31)8-7-17(27-29)28-12-21-10-23-28/h7-15,25H,3-6H2,1-2H3. The third-order valence-electron chi connectivity index (χ3n) is 5.72. The molecular weight excluding hydrogens is 396 g/mol. The molecule has 0 atom stereocenters. The minimum absolute atomic E-state index is 0.0593. The second-order valence-corrected chi connectivity index (χ2v) is 8.16. The third kappa shape index (κ3) is 3.78. The molecule has 0 amide bonds. The zero-order valence-corrected chi connectivity index (χ0v) is 17.5. The number of aromatic nitrogens is 9. The Morgan fingerprint density at radius 3 is 2.68 bits per heavy atom. The van der Waals surface area contributed by atoms with Gasteiger partial charge in [0.1, 0.15) is 24.8 Å². The molecule has 4 aromatic rings. The lowest BCUT2D eigenvalue weighted by Gasteiger charge is -2.30. The van der Waals surface area contributed by atoms with Crippen LogP contribution in [0.2, 0.25) is 0 Å². The number of hydrogen-bond acceptors (Lipinski definition) is 8. The van der Waals surface area contributed by atoms with Crippen molar-refractivity contribution in [3.8, 4) is 5.82 Å². The van der Waals surface area contributed by atoms with Crippen molar-refractivity contribution in [2.24, 2.45) is 0 Å². The van der Waals surface area contributed by atoms with Gasteiger partial charge in [0.25, 0.3) is 11.3 Å². The Bertz CT molecular complexity index is 1230. The second-order valence-electron chi connectivity index (χ2n) is 8.16. The molecule has 4 aromatic heterocycles. The van der Waals surface area contributed by atoms with Crippen molar-refractivity contribution in [1.82, 2.24) is 44.1 Å². The number of hydrogen-bond donors (Lipinski definition) is 1. The first kappa shape index (κ1) is 19.3. The van der Waals surface area contributed by atoms with E-state index in [9.17, 15) is 4.79 Å². The topological polar surface area (TPSA) is 121 Å². The van der Waals surface area contributed by atoms with Crippen molar-refractivity contribution >= 4 is 11.6 Å². The number of rotatable bonds is 5. The number of anilines is 1. The maximum Gasteiger partial charge on any atom is 0.267 e. The molecule has 1 saturated carbocycles. The molecule has 0 bridgehead atoms. The normalized spacial score (nSPS) is 19.2. The summed E-state index contributed by atoms with van der Waals surface area (Å²) in [5.41, 5.74) is 0.887. The zero-order chi connectivity index (χ0) is 21.4. The molecule has 160 valence electrons. The average Bonchev–Trinajstić information content (AvgIpc) is 3.47. The van der Waals surface area contributed by atoms with Gasteiger partial charge in [0.2, 0.25) is 0 Å². The van der Waals surface area contributed by atoms with E-state index in [4.69, 9.17) is 0 Å². The lowest BCUT2D eigenvalue weighted by Crippen LogP contribution is -2.34. The Labute approximate surface area is 178 Å². The van der Waals surface area contributed by atoms with Crippen LogP contribution in [0.4, 0.5) is 5.82 Å². The Morgan fingerprint density at radius 2 is 1.94 bits per heavy atom. The summed E-state index contributed by atoms with van der Waals surface area (Å²) in [6.07, 6.45) is 8.09. The molecule has 0 unspecified atom stereocenters. The first-order chi connectivity index (χ1) is 15.1. The first-order valence-corrected chi connectivity index (χ1v) is 10.5. The van der Waals surface area contributed by atoms with Gasteiger partial charge in [-0.25, -0.2) is 19.3 Å². The van der Waals surface area contributed by atoms with Crippen LogP contribution in [0.5, 0.6) is 0 Å². The van der Waals surface area contributed by atoms with Crippen LogP contribution in [-0.2, 0) is 0 Å². The smallest absolute Gasteiger partial charge is 0.267 e. The van der Waals surface area contributed by atoms with Crippen molar-refractivity contribution in [2.75, 3.05) is 5.32 Å². The van der Waals surface area contributed by atoms with E-state index in [1.807, 2.05) is 6.07 Å². The summed E-state index contributed by atoms with van der Waals surface area (Å²) in [5.74, 6) is 2.39. The van der Waals surface area contributed by atoms with Gasteiger partial charge in [-0.1, -0.05) is 13.8 Å². The van der Waals surface area contributed by atoms with Crippen LogP contribution in [0, 0.1) is 0 Å². The summed E-state index contributed by atoms with van der Waals surface area (Å²) in [6.45, 7) is 4.23. The van der Waals surface area contributed by atoms with Crippen LogP contribution in [0.3, 0.4) is 0 Å². The molecule has 1 aliphatic rings. The Kier molecular flexibility index (Phi) is 4.92. The van der Waals surface area contributed by atoms with Crippen LogP contribution in [-0.4, -0.2) is 50.2 Å². The van der Waals surface area contributed by atoms with Gasteiger partial charge in [0.15, 0.2) is 5.82 Å². The van der Waals surface area contributed by atoms with Crippen molar-refractivity contribution < 1.29 is 0 Å². The fourth-order valence-electron chi connectivity index (χ4n) is 4.03. The highest BCUT2D eigenvalue weighted by Gasteiger charge is 2.25. The molecule has 11 heteroatoms. The van der Waals surface area contributed by atoms with E-state index >= 15 is 0 Å². The maximum atomic E-state index is 12.4. The molecular formula is C20H24N10O. The van der Waals surface area contributed by atoms with Gasteiger partial charge in [-0.15, -0.1) is 5.10 Å². The van der Waals surface area contributed by atoms with Crippen LogP contribution in [0.15, 0.2) is 42.0 Å². The van der Waals surface area contributed by atoms with Crippen LogP contribution in [0.25, 0.3) is 11.6 Å². The van der Waals surface area contributed by atoms with Crippen molar-refractivity contribution in [2.45, 2.75) is 57.5 Å². The van der Waals surface area contributed by atoms with E-state index in [-0.39, 0.29) is 17.6 Å². The molecule has 0 aromatic carbocycles.